The second-order valence-corrected chi connectivity index (χ2v) is 8.08. The average Bonchev–Trinajstić information content (AvgIpc) is 3.23. The highest BCUT2D eigenvalue weighted by Gasteiger charge is 2.39. The molecule has 0 spiro atoms. The summed E-state index contributed by atoms with van der Waals surface area (Å²) in [5.41, 5.74) is 2.10. The van der Waals surface area contributed by atoms with Gasteiger partial charge >= 0.3 is 5.76 Å². The molecule has 8 nitrogen and oxygen atoms in total. The number of hydrogen-bond acceptors (Lipinski definition) is 5. The van der Waals surface area contributed by atoms with Gasteiger partial charge in [-0.25, -0.2) is 18.1 Å². The fourth-order valence-corrected chi connectivity index (χ4v) is 4.39. The summed E-state index contributed by atoms with van der Waals surface area (Å²) in [4.78, 5) is 7.28. The van der Waals surface area contributed by atoms with Gasteiger partial charge in [0.15, 0.2) is 11.3 Å². The van der Waals surface area contributed by atoms with Crippen molar-refractivity contribution in [2.24, 2.45) is 5.92 Å². The van der Waals surface area contributed by atoms with E-state index in [1.54, 1.807) is 12.4 Å². The van der Waals surface area contributed by atoms with Crippen LogP contribution in [0.5, 0.6) is 0 Å². The Hall–Kier alpha value is -2.14. The number of hydrogen-bond donors (Lipinski definition) is 2. The molecule has 0 saturated heterocycles. The lowest BCUT2D eigenvalue weighted by Gasteiger charge is -2.13. The molecule has 11 heteroatoms. The van der Waals surface area contributed by atoms with Gasteiger partial charge in [0.05, 0.1) is 11.7 Å². The largest absolute Gasteiger partial charge is 0.350 e. The fraction of sp³-hybridized carbons (Fsp3) is 0.500. The molecule has 1 aliphatic carbocycles. The van der Waals surface area contributed by atoms with Crippen LogP contribution in [0.4, 0.5) is 8.78 Å². The highest BCUT2D eigenvalue weighted by Crippen LogP contribution is 2.39. The number of alkyl halides is 2. The zero-order chi connectivity index (χ0) is 17.8. The first-order valence-electron chi connectivity index (χ1n) is 7.83. The van der Waals surface area contributed by atoms with Gasteiger partial charge in [0.2, 0.25) is 0 Å². The van der Waals surface area contributed by atoms with Crippen LogP contribution in [0.3, 0.4) is 0 Å². The van der Waals surface area contributed by atoms with Crippen molar-refractivity contribution in [1.82, 2.24) is 29.3 Å². The Balaban J connectivity index is 1.69. The van der Waals surface area contributed by atoms with Gasteiger partial charge in [0.1, 0.15) is 5.82 Å². The lowest BCUT2D eigenvalue weighted by molar-refractivity contribution is 0.231. The van der Waals surface area contributed by atoms with Crippen LogP contribution in [-0.4, -0.2) is 44.8 Å². The summed E-state index contributed by atoms with van der Waals surface area (Å²) in [5.74, 6) is -2.77. The predicted molar refractivity (Wildman–Crippen MR) is 85.6 cm³/mol. The van der Waals surface area contributed by atoms with Crippen LogP contribution in [0.25, 0.3) is 16.8 Å². The smallest absolute Gasteiger partial charge is 0.345 e. The molecule has 1 saturated carbocycles. The molecule has 0 bridgehead atoms. The van der Waals surface area contributed by atoms with Crippen molar-refractivity contribution in [2.45, 2.75) is 37.5 Å². The van der Waals surface area contributed by atoms with Gasteiger partial charge in [-0.3, -0.25) is 4.40 Å². The maximum Gasteiger partial charge on any atom is 0.350 e. The third-order valence-electron chi connectivity index (χ3n) is 4.75. The van der Waals surface area contributed by atoms with Crippen molar-refractivity contribution in [1.29, 1.82) is 0 Å². The van der Waals surface area contributed by atoms with Crippen LogP contribution in [0.2, 0.25) is 0 Å². The van der Waals surface area contributed by atoms with E-state index < -0.39 is 21.8 Å². The van der Waals surface area contributed by atoms with Crippen molar-refractivity contribution in [3.63, 3.8) is 0 Å². The summed E-state index contributed by atoms with van der Waals surface area (Å²) in [6, 6.07) is 1.31. The van der Waals surface area contributed by atoms with Crippen LogP contribution in [-0.2, 0) is 10.0 Å². The number of fused-ring (bicyclic) bond motifs is 3. The molecule has 2 N–H and O–H groups in total. The van der Waals surface area contributed by atoms with Gasteiger partial charge in [-0.1, -0.05) is 6.92 Å². The molecule has 1 aliphatic rings. The maximum atomic E-state index is 12.6. The first kappa shape index (κ1) is 16.3. The van der Waals surface area contributed by atoms with Crippen molar-refractivity contribution in [3.05, 3.63) is 24.3 Å². The van der Waals surface area contributed by atoms with Gasteiger partial charge in [-0.2, -0.15) is 8.78 Å². The highest BCUT2D eigenvalue weighted by atomic mass is 32.2. The van der Waals surface area contributed by atoms with Crippen LogP contribution < -0.4 is 4.72 Å². The van der Waals surface area contributed by atoms with Crippen LogP contribution in [0, 0.1) is 5.92 Å². The number of H-pyrrole nitrogens is 1. The van der Waals surface area contributed by atoms with E-state index in [1.807, 2.05) is 17.4 Å². The monoisotopic (exact) mass is 370 g/mol. The number of rotatable bonds is 4. The third-order valence-corrected chi connectivity index (χ3v) is 5.88. The Kier molecular flexibility index (Phi) is 3.72. The molecule has 134 valence electrons. The minimum atomic E-state index is -4.61. The molecule has 4 rings (SSSR count). The molecule has 25 heavy (non-hydrogen) atoms. The summed E-state index contributed by atoms with van der Waals surface area (Å²) < 4.78 is 52.0. The second-order valence-electron chi connectivity index (χ2n) is 6.40. The van der Waals surface area contributed by atoms with Crippen LogP contribution >= 0.6 is 0 Å². The van der Waals surface area contributed by atoms with Gasteiger partial charge in [-0.15, -0.1) is 10.2 Å². The van der Waals surface area contributed by atoms with Crippen molar-refractivity contribution in [2.75, 3.05) is 0 Å². The normalized spacial score (nSPS) is 24.7. The Labute approximate surface area is 141 Å². The third kappa shape index (κ3) is 2.67. The van der Waals surface area contributed by atoms with Gasteiger partial charge in [0, 0.05) is 18.2 Å². The molecule has 0 amide bonds. The van der Waals surface area contributed by atoms with Gasteiger partial charge < -0.3 is 4.98 Å². The molecule has 3 atom stereocenters. The van der Waals surface area contributed by atoms with E-state index in [0.29, 0.717) is 30.0 Å². The molecule has 3 aromatic rings. The second kappa shape index (κ2) is 5.70. The van der Waals surface area contributed by atoms with Gasteiger partial charge in [-0.05, 0) is 24.8 Å². The maximum absolute atomic E-state index is 12.6. The van der Waals surface area contributed by atoms with E-state index in [4.69, 9.17) is 0 Å². The van der Waals surface area contributed by atoms with E-state index in [9.17, 15) is 17.2 Å². The van der Waals surface area contributed by atoms with E-state index in [-0.39, 0.29) is 11.8 Å². The van der Waals surface area contributed by atoms with E-state index in [2.05, 4.69) is 24.9 Å². The Bertz CT molecular complexity index is 1030. The summed E-state index contributed by atoms with van der Waals surface area (Å²) in [6.45, 7) is 1.96. The van der Waals surface area contributed by atoms with E-state index in [1.165, 1.54) is 0 Å². The average molecular weight is 370 g/mol. The number of aromatic amines is 1. The Morgan fingerprint density at radius 1 is 1.36 bits per heavy atom. The predicted octanol–water partition coefficient (Wildman–Crippen LogP) is 1.63. The topological polar surface area (TPSA) is 105 Å². The van der Waals surface area contributed by atoms with Crippen molar-refractivity contribution < 1.29 is 17.2 Å². The number of sulfonamides is 1. The summed E-state index contributed by atoms with van der Waals surface area (Å²) in [5, 5.41) is 8.39. The van der Waals surface area contributed by atoms with Crippen LogP contribution in [0.15, 0.2) is 18.5 Å². The number of aromatic nitrogens is 5. The SMILES string of the molecule is C[C@@H]1C[C@H](NS(=O)(=O)C(F)F)C[C@@H]1c1nnc2cnc3[nH]ccc3n12. The first-order valence-corrected chi connectivity index (χ1v) is 9.38. The number of nitrogens with one attached hydrogen (secondary N) is 2. The lowest BCUT2D eigenvalue weighted by Crippen LogP contribution is -2.36. The minimum absolute atomic E-state index is 0.0694. The number of nitrogens with zero attached hydrogens (tertiary/aromatic N) is 4. The summed E-state index contributed by atoms with van der Waals surface area (Å²) in [7, 11) is -4.61. The lowest BCUT2D eigenvalue weighted by atomic mass is 9.97. The van der Waals surface area contributed by atoms with Crippen LogP contribution in [0.1, 0.15) is 31.5 Å². The molecule has 0 radical (unpaired) electrons. The summed E-state index contributed by atoms with van der Waals surface area (Å²) >= 11 is 0. The minimum Gasteiger partial charge on any atom is -0.345 e. The van der Waals surface area contributed by atoms with Gasteiger partial charge in [0.25, 0.3) is 10.0 Å². The standard InChI is InChI=1S/C14H16F2N6O2S/c1-7-4-8(21-25(23,24)14(15)16)5-9(7)13-20-19-11-6-18-12-10(22(11)13)2-3-17-12/h2-3,6-9,14,17,21H,4-5H2,1H3/t7-,8+,9+/m1/s1. The molecule has 0 unspecified atom stereocenters. The quantitative estimate of drug-likeness (QED) is 0.726. The molecular weight excluding hydrogens is 354 g/mol. The molecule has 1 fully saturated rings. The van der Waals surface area contributed by atoms with Crippen molar-refractivity contribution in [3.8, 4) is 0 Å². The Morgan fingerprint density at radius 3 is 2.92 bits per heavy atom. The fourth-order valence-electron chi connectivity index (χ4n) is 3.63. The zero-order valence-corrected chi connectivity index (χ0v) is 14.0. The molecule has 0 aromatic carbocycles. The zero-order valence-electron chi connectivity index (χ0n) is 13.2. The molecule has 3 heterocycles. The van der Waals surface area contributed by atoms with E-state index in [0.717, 1.165) is 5.52 Å². The molecular formula is C14H16F2N6O2S. The van der Waals surface area contributed by atoms with Crippen molar-refractivity contribution >= 4 is 26.8 Å². The molecule has 3 aromatic heterocycles. The summed E-state index contributed by atoms with van der Waals surface area (Å²) in [6.07, 6.45) is 4.22. The van der Waals surface area contributed by atoms with E-state index >= 15 is 0 Å². The number of halogens is 2. The first-order chi connectivity index (χ1) is 11.9. The Morgan fingerprint density at radius 2 is 2.16 bits per heavy atom. The highest BCUT2D eigenvalue weighted by molar-refractivity contribution is 7.89. The molecule has 0 aliphatic heterocycles.